The molecule has 0 spiro atoms. The Bertz CT molecular complexity index is 675. The second-order valence-corrected chi connectivity index (χ2v) is 6.35. The topological polar surface area (TPSA) is 80.5 Å². The molecule has 128 valence electrons. The predicted molar refractivity (Wildman–Crippen MR) is 95.0 cm³/mol. The number of aromatic nitrogens is 2. The van der Waals surface area contributed by atoms with Gasteiger partial charge in [0.25, 0.3) is 0 Å². The summed E-state index contributed by atoms with van der Waals surface area (Å²) in [6.45, 7) is 2.54. The van der Waals surface area contributed by atoms with Crippen LogP contribution in [0.5, 0.6) is 0 Å². The number of halogens is 1. The summed E-state index contributed by atoms with van der Waals surface area (Å²) in [5.41, 5.74) is 6.97. The van der Waals surface area contributed by atoms with Crippen LogP contribution in [0.3, 0.4) is 0 Å². The van der Waals surface area contributed by atoms with Gasteiger partial charge >= 0.3 is 0 Å². The number of benzene rings is 1. The van der Waals surface area contributed by atoms with E-state index in [4.69, 9.17) is 21.9 Å². The minimum absolute atomic E-state index is 0.546. The minimum atomic E-state index is 0.546. The third-order valence-corrected chi connectivity index (χ3v) is 4.35. The lowest BCUT2D eigenvalue weighted by molar-refractivity contribution is 0.379. The Morgan fingerprint density at radius 2 is 1.88 bits per heavy atom. The summed E-state index contributed by atoms with van der Waals surface area (Å²) in [6, 6.07) is 7.34. The Morgan fingerprint density at radius 1 is 1.17 bits per heavy atom. The van der Waals surface area contributed by atoms with Crippen molar-refractivity contribution < 1.29 is 4.52 Å². The SMILES string of the molecule is NC(=NCCc1nc(-c2ccc(Cl)cc2)no1)N1CCCCCC1. The molecule has 24 heavy (non-hydrogen) atoms. The molecule has 0 amide bonds. The number of aliphatic imine (C=N–C) groups is 1. The molecule has 1 aromatic heterocycles. The van der Waals surface area contributed by atoms with Crippen molar-refractivity contribution in [1.29, 1.82) is 0 Å². The number of rotatable bonds is 4. The number of likely N-dealkylation sites (tertiary alicyclic amines) is 1. The molecule has 1 aromatic carbocycles. The molecule has 0 bridgehead atoms. The maximum Gasteiger partial charge on any atom is 0.228 e. The molecule has 2 aromatic rings. The van der Waals surface area contributed by atoms with Gasteiger partial charge in [-0.3, -0.25) is 4.99 Å². The van der Waals surface area contributed by atoms with E-state index in [-0.39, 0.29) is 0 Å². The zero-order valence-corrected chi connectivity index (χ0v) is 14.4. The highest BCUT2D eigenvalue weighted by atomic mass is 35.5. The maximum atomic E-state index is 6.09. The van der Waals surface area contributed by atoms with Crippen molar-refractivity contribution in [2.24, 2.45) is 10.7 Å². The molecular weight excluding hydrogens is 326 g/mol. The summed E-state index contributed by atoms with van der Waals surface area (Å²) < 4.78 is 5.28. The molecule has 1 fully saturated rings. The van der Waals surface area contributed by atoms with Crippen molar-refractivity contribution in [2.45, 2.75) is 32.1 Å². The Kier molecular flexibility index (Phi) is 5.69. The van der Waals surface area contributed by atoms with Crippen LogP contribution >= 0.6 is 11.6 Å². The van der Waals surface area contributed by atoms with Crippen molar-refractivity contribution in [2.75, 3.05) is 19.6 Å². The van der Waals surface area contributed by atoms with Gasteiger partial charge in [0.1, 0.15) is 0 Å². The highest BCUT2D eigenvalue weighted by molar-refractivity contribution is 6.30. The summed E-state index contributed by atoms with van der Waals surface area (Å²) in [5, 5.41) is 4.68. The first-order valence-corrected chi connectivity index (χ1v) is 8.73. The molecule has 0 atom stereocenters. The molecule has 0 aliphatic carbocycles. The number of hydrogen-bond acceptors (Lipinski definition) is 4. The average molecular weight is 348 g/mol. The highest BCUT2D eigenvalue weighted by Gasteiger charge is 2.11. The first kappa shape index (κ1) is 16.8. The van der Waals surface area contributed by atoms with Crippen LogP contribution in [0.4, 0.5) is 0 Å². The number of nitrogens with zero attached hydrogens (tertiary/aromatic N) is 4. The molecule has 3 rings (SSSR count). The normalized spacial score (nSPS) is 16.2. The molecule has 0 unspecified atom stereocenters. The lowest BCUT2D eigenvalue weighted by atomic mass is 10.2. The van der Waals surface area contributed by atoms with Crippen molar-refractivity contribution in [3.05, 3.63) is 35.2 Å². The molecule has 1 aliphatic rings. The predicted octanol–water partition coefficient (Wildman–Crippen LogP) is 3.12. The molecule has 0 saturated carbocycles. The molecule has 0 radical (unpaired) electrons. The molecule has 2 heterocycles. The summed E-state index contributed by atoms with van der Waals surface area (Å²) >= 11 is 5.88. The standard InChI is InChI=1S/C17H22ClN5O/c18-14-7-5-13(6-8-14)16-21-15(24-22-16)9-10-20-17(19)23-11-3-1-2-4-12-23/h5-8H,1-4,9-12H2,(H2,19,20). The monoisotopic (exact) mass is 347 g/mol. The first-order chi connectivity index (χ1) is 11.7. The molecule has 7 heteroatoms. The fourth-order valence-corrected chi connectivity index (χ4v) is 2.86. The third-order valence-electron chi connectivity index (χ3n) is 4.10. The van der Waals surface area contributed by atoms with Crippen LogP contribution in [0.2, 0.25) is 5.02 Å². The first-order valence-electron chi connectivity index (χ1n) is 8.36. The molecule has 6 nitrogen and oxygen atoms in total. The summed E-state index contributed by atoms with van der Waals surface area (Å²) in [5.74, 6) is 1.74. The zero-order valence-electron chi connectivity index (χ0n) is 13.6. The minimum Gasteiger partial charge on any atom is -0.370 e. The van der Waals surface area contributed by atoms with Gasteiger partial charge in [-0.1, -0.05) is 29.6 Å². The van der Waals surface area contributed by atoms with Crippen LogP contribution in [0.15, 0.2) is 33.8 Å². The van der Waals surface area contributed by atoms with Gasteiger partial charge in [-0.05, 0) is 37.1 Å². The maximum absolute atomic E-state index is 6.09. The number of hydrogen-bond donors (Lipinski definition) is 1. The Labute approximate surface area is 146 Å². The summed E-state index contributed by atoms with van der Waals surface area (Å²) in [4.78, 5) is 11.0. The Balaban J connectivity index is 1.55. The summed E-state index contributed by atoms with van der Waals surface area (Å²) in [6.07, 6.45) is 5.50. The fourth-order valence-electron chi connectivity index (χ4n) is 2.74. The number of nitrogens with two attached hydrogens (primary N) is 1. The van der Waals surface area contributed by atoms with E-state index in [0.717, 1.165) is 18.7 Å². The fraction of sp³-hybridized carbons (Fsp3) is 0.471. The highest BCUT2D eigenvalue weighted by Crippen LogP contribution is 2.18. The van der Waals surface area contributed by atoms with Gasteiger partial charge in [-0.25, -0.2) is 0 Å². The Hall–Kier alpha value is -2.08. The van der Waals surface area contributed by atoms with Crippen LogP contribution in [-0.2, 0) is 6.42 Å². The van der Waals surface area contributed by atoms with Crippen molar-refractivity contribution in [3.8, 4) is 11.4 Å². The van der Waals surface area contributed by atoms with Gasteiger partial charge in [0.2, 0.25) is 11.7 Å². The quantitative estimate of drug-likeness (QED) is 0.678. The van der Waals surface area contributed by atoms with Crippen molar-refractivity contribution in [1.82, 2.24) is 15.0 Å². The second-order valence-electron chi connectivity index (χ2n) is 5.91. The van der Waals surface area contributed by atoms with Crippen LogP contribution in [0.1, 0.15) is 31.6 Å². The van der Waals surface area contributed by atoms with Crippen molar-refractivity contribution >= 4 is 17.6 Å². The van der Waals surface area contributed by atoms with Crippen LogP contribution in [0, 0.1) is 0 Å². The number of guanidine groups is 1. The van der Waals surface area contributed by atoms with Crippen LogP contribution < -0.4 is 5.73 Å². The van der Waals surface area contributed by atoms with Gasteiger partial charge in [0, 0.05) is 30.1 Å². The second kappa shape index (κ2) is 8.15. The van der Waals surface area contributed by atoms with E-state index in [1.165, 1.54) is 25.7 Å². The van der Waals surface area contributed by atoms with E-state index in [0.29, 0.717) is 35.7 Å². The summed E-state index contributed by atoms with van der Waals surface area (Å²) in [7, 11) is 0. The third kappa shape index (κ3) is 4.47. The smallest absolute Gasteiger partial charge is 0.228 e. The van der Waals surface area contributed by atoms with Gasteiger partial charge < -0.3 is 15.2 Å². The van der Waals surface area contributed by atoms with E-state index < -0.39 is 0 Å². The van der Waals surface area contributed by atoms with Gasteiger partial charge in [-0.15, -0.1) is 0 Å². The van der Waals surface area contributed by atoms with Crippen LogP contribution in [-0.4, -0.2) is 40.6 Å². The Morgan fingerprint density at radius 3 is 2.58 bits per heavy atom. The van der Waals surface area contributed by atoms with E-state index in [2.05, 4.69) is 20.0 Å². The lowest BCUT2D eigenvalue weighted by Crippen LogP contribution is -2.38. The van der Waals surface area contributed by atoms with Crippen molar-refractivity contribution in [3.63, 3.8) is 0 Å². The van der Waals surface area contributed by atoms with E-state index >= 15 is 0 Å². The molecule has 1 saturated heterocycles. The van der Waals surface area contributed by atoms with Crippen LogP contribution in [0.25, 0.3) is 11.4 Å². The van der Waals surface area contributed by atoms with E-state index in [1.807, 2.05) is 12.1 Å². The van der Waals surface area contributed by atoms with Gasteiger partial charge in [-0.2, -0.15) is 4.98 Å². The van der Waals surface area contributed by atoms with Gasteiger partial charge in [0.05, 0.1) is 6.54 Å². The molecule has 1 aliphatic heterocycles. The lowest BCUT2D eigenvalue weighted by Gasteiger charge is -2.20. The zero-order chi connectivity index (χ0) is 16.8. The molecular formula is C17H22ClN5O. The van der Waals surface area contributed by atoms with E-state index in [9.17, 15) is 0 Å². The van der Waals surface area contributed by atoms with Gasteiger partial charge in [0.15, 0.2) is 5.96 Å². The van der Waals surface area contributed by atoms with E-state index in [1.54, 1.807) is 12.1 Å². The largest absolute Gasteiger partial charge is 0.370 e. The molecule has 2 N–H and O–H groups in total. The average Bonchev–Trinajstić information content (AvgIpc) is 2.89.